The number of ether oxygens (including phenoxy) is 3. The summed E-state index contributed by atoms with van der Waals surface area (Å²) in [4.78, 5) is 0. The minimum absolute atomic E-state index is 0.322. The maximum Gasteiger partial charge on any atom is 0.161 e. The molecule has 4 heteroatoms. The van der Waals surface area contributed by atoms with Gasteiger partial charge in [0, 0.05) is 12.8 Å². The molecular formula is C17H26O4. The molecule has 0 saturated carbocycles. The minimum Gasteiger partial charge on any atom is -0.490 e. The van der Waals surface area contributed by atoms with E-state index in [2.05, 4.69) is 0 Å². The van der Waals surface area contributed by atoms with Crippen molar-refractivity contribution >= 4 is 0 Å². The molecule has 1 fully saturated rings. The van der Waals surface area contributed by atoms with Crippen molar-refractivity contribution in [2.24, 2.45) is 0 Å². The fraction of sp³-hybridized carbons (Fsp3) is 0.647. The summed E-state index contributed by atoms with van der Waals surface area (Å²) in [6, 6.07) is 5.70. The average Bonchev–Trinajstić information content (AvgIpc) is 2.39. The Morgan fingerprint density at radius 1 is 1.14 bits per heavy atom. The van der Waals surface area contributed by atoms with E-state index in [0.29, 0.717) is 38.4 Å². The van der Waals surface area contributed by atoms with Crippen LogP contribution in [0.3, 0.4) is 0 Å². The van der Waals surface area contributed by atoms with Crippen LogP contribution in [0.15, 0.2) is 18.2 Å². The van der Waals surface area contributed by atoms with Gasteiger partial charge in [0.25, 0.3) is 0 Å². The van der Waals surface area contributed by atoms with Crippen LogP contribution in [0.5, 0.6) is 11.5 Å². The molecule has 21 heavy (non-hydrogen) atoms. The molecule has 1 heterocycles. The van der Waals surface area contributed by atoms with E-state index >= 15 is 0 Å². The molecule has 0 aliphatic carbocycles. The van der Waals surface area contributed by atoms with Crippen molar-refractivity contribution in [3.63, 3.8) is 0 Å². The van der Waals surface area contributed by atoms with Gasteiger partial charge in [-0.3, -0.25) is 0 Å². The van der Waals surface area contributed by atoms with Gasteiger partial charge >= 0.3 is 0 Å². The van der Waals surface area contributed by atoms with Gasteiger partial charge in [0.15, 0.2) is 11.5 Å². The van der Waals surface area contributed by atoms with E-state index in [0.717, 1.165) is 11.3 Å². The molecular weight excluding hydrogens is 268 g/mol. The zero-order valence-electron chi connectivity index (χ0n) is 13.4. The van der Waals surface area contributed by atoms with Crippen LogP contribution in [0.2, 0.25) is 0 Å². The largest absolute Gasteiger partial charge is 0.490 e. The Morgan fingerprint density at radius 3 is 2.43 bits per heavy atom. The number of benzene rings is 1. The van der Waals surface area contributed by atoms with Gasteiger partial charge in [-0.1, -0.05) is 6.07 Å². The number of hydrogen-bond donors (Lipinski definition) is 1. The Kier molecular flexibility index (Phi) is 4.79. The van der Waals surface area contributed by atoms with E-state index < -0.39 is 5.60 Å². The van der Waals surface area contributed by atoms with E-state index in [-0.39, 0.29) is 5.60 Å². The normalized spacial score (nSPS) is 24.6. The van der Waals surface area contributed by atoms with Gasteiger partial charge in [-0.2, -0.15) is 0 Å². The van der Waals surface area contributed by atoms with Gasteiger partial charge in [0.05, 0.1) is 31.0 Å². The molecule has 1 aromatic rings. The van der Waals surface area contributed by atoms with E-state index in [4.69, 9.17) is 14.2 Å². The first kappa shape index (κ1) is 16.1. The molecule has 1 atom stereocenters. The predicted octanol–water partition coefficient (Wildman–Crippen LogP) is 3.26. The van der Waals surface area contributed by atoms with Crippen LogP contribution in [0, 0.1) is 0 Å². The van der Waals surface area contributed by atoms with Crippen molar-refractivity contribution in [3.8, 4) is 11.5 Å². The summed E-state index contributed by atoms with van der Waals surface area (Å²) < 4.78 is 16.9. The maximum atomic E-state index is 11.0. The molecule has 0 bridgehead atoms. The van der Waals surface area contributed by atoms with E-state index in [9.17, 15) is 5.11 Å². The van der Waals surface area contributed by atoms with Crippen molar-refractivity contribution < 1.29 is 19.3 Å². The lowest BCUT2D eigenvalue weighted by Crippen LogP contribution is -2.43. The molecule has 0 spiro atoms. The fourth-order valence-electron chi connectivity index (χ4n) is 2.93. The third kappa shape index (κ3) is 3.69. The van der Waals surface area contributed by atoms with E-state index in [1.165, 1.54) is 0 Å². The molecule has 4 nitrogen and oxygen atoms in total. The highest BCUT2D eigenvalue weighted by Crippen LogP contribution is 2.42. The summed E-state index contributed by atoms with van der Waals surface area (Å²) >= 11 is 0. The van der Waals surface area contributed by atoms with Crippen LogP contribution >= 0.6 is 0 Å². The highest BCUT2D eigenvalue weighted by atomic mass is 16.5. The summed E-state index contributed by atoms with van der Waals surface area (Å²) in [6.07, 6.45) is 1.16. The second kappa shape index (κ2) is 6.24. The van der Waals surface area contributed by atoms with Gasteiger partial charge in [0.1, 0.15) is 0 Å². The molecule has 2 rings (SSSR count). The lowest BCUT2D eigenvalue weighted by Gasteiger charge is -2.42. The zero-order valence-corrected chi connectivity index (χ0v) is 13.4. The highest BCUT2D eigenvalue weighted by Gasteiger charge is 2.41. The smallest absolute Gasteiger partial charge is 0.161 e. The summed E-state index contributed by atoms with van der Waals surface area (Å²) in [5, 5.41) is 11.0. The van der Waals surface area contributed by atoms with Crippen LogP contribution in [0.25, 0.3) is 0 Å². The number of aliphatic hydroxyl groups is 1. The van der Waals surface area contributed by atoms with Crippen molar-refractivity contribution in [1.29, 1.82) is 0 Å². The van der Waals surface area contributed by atoms with Crippen LogP contribution in [-0.4, -0.2) is 30.5 Å². The number of rotatable bonds is 5. The zero-order chi connectivity index (χ0) is 15.5. The van der Waals surface area contributed by atoms with Crippen molar-refractivity contribution in [1.82, 2.24) is 0 Å². The van der Waals surface area contributed by atoms with Crippen molar-refractivity contribution in [3.05, 3.63) is 23.8 Å². The average molecular weight is 294 g/mol. The van der Waals surface area contributed by atoms with Crippen LogP contribution < -0.4 is 9.47 Å². The molecule has 1 aliphatic heterocycles. The summed E-state index contributed by atoms with van der Waals surface area (Å²) in [7, 11) is 0. The first-order valence-electron chi connectivity index (χ1n) is 7.66. The molecule has 0 amide bonds. The lowest BCUT2D eigenvalue weighted by atomic mass is 9.79. The first-order valence-corrected chi connectivity index (χ1v) is 7.66. The van der Waals surface area contributed by atoms with Crippen LogP contribution in [-0.2, 0) is 10.3 Å². The molecule has 1 aliphatic rings. The summed E-state index contributed by atoms with van der Waals surface area (Å²) in [5.41, 5.74) is -0.332. The third-order valence-corrected chi connectivity index (χ3v) is 3.81. The Hall–Kier alpha value is -1.26. The van der Waals surface area contributed by atoms with Gasteiger partial charge in [-0.15, -0.1) is 0 Å². The quantitative estimate of drug-likeness (QED) is 0.905. The SMILES string of the molecule is CCOc1ccc(C2(O)CCOC(C)(C)C2)cc1OCC. The number of hydrogen-bond acceptors (Lipinski definition) is 4. The second-order valence-corrected chi connectivity index (χ2v) is 6.09. The minimum atomic E-state index is -0.877. The predicted molar refractivity (Wildman–Crippen MR) is 81.9 cm³/mol. The van der Waals surface area contributed by atoms with Crippen LogP contribution in [0.1, 0.15) is 46.1 Å². The lowest BCUT2D eigenvalue weighted by molar-refractivity contribution is -0.148. The van der Waals surface area contributed by atoms with Gasteiger partial charge in [-0.25, -0.2) is 0 Å². The summed E-state index contributed by atoms with van der Waals surface area (Å²) in [6.45, 7) is 9.61. The fourth-order valence-corrected chi connectivity index (χ4v) is 2.93. The Labute approximate surface area is 127 Å². The Balaban J connectivity index is 2.32. The third-order valence-electron chi connectivity index (χ3n) is 3.81. The van der Waals surface area contributed by atoms with Crippen molar-refractivity contribution in [2.45, 2.75) is 51.7 Å². The topological polar surface area (TPSA) is 47.9 Å². The standard InChI is InChI=1S/C17H26O4/c1-5-19-14-8-7-13(11-15(14)20-6-2)17(18)9-10-21-16(3,4)12-17/h7-8,11,18H,5-6,9-10,12H2,1-4H3. The highest BCUT2D eigenvalue weighted by molar-refractivity contribution is 5.45. The van der Waals surface area contributed by atoms with E-state index in [1.807, 2.05) is 45.9 Å². The Morgan fingerprint density at radius 2 is 1.81 bits per heavy atom. The Bertz CT molecular complexity index is 484. The molecule has 0 radical (unpaired) electrons. The molecule has 1 aromatic carbocycles. The van der Waals surface area contributed by atoms with Crippen LogP contribution in [0.4, 0.5) is 0 Å². The van der Waals surface area contributed by atoms with Gasteiger partial charge < -0.3 is 19.3 Å². The van der Waals surface area contributed by atoms with Gasteiger partial charge in [0.2, 0.25) is 0 Å². The first-order chi connectivity index (χ1) is 9.90. The summed E-state index contributed by atoms with van der Waals surface area (Å²) in [5.74, 6) is 1.41. The second-order valence-electron chi connectivity index (χ2n) is 6.09. The van der Waals surface area contributed by atoms with E-state index in [1.54, 1.807) is 0 Å². The molecule has 1 unspecified atom stereocenters. The monoisotopic (exact) mass is 294 g/mol. The molecule has 1 saturated heterocycles. The van der Waals surface area contributed by atoms with Gasteiger partial charge in [-0.05, 0) is 45.4 Å². The molecule has 118 valence electrons. The van der Waals surface area contributed by atoms with Crippen molar-refractivity contribution in [2.75, 3.05) is 19.8 Å². The molecule has 1 N–H and O–H groups in total. The maximum absolute atomic E-state index is 11.0. The molecule has 0 aromatic heterocycles.